The molecule has 2 aromatic rings. The van der Waals surface area contributed by atoms with Crippen LogP contribution in [0, 0.1) is 12.7 Å². The maximum absolute atomic E-state index is 13.5. The number of anilines is 1. The van der Waals surface area contributed by atoms with Crippen LogP contribution in [0.1, 0.15) is 11.7 Å². The molecule has 0 aliphatic heterocycles. The van der Waals surface area contributed by atoms with Gasteiger partial charge in [-0.1, -0.05) is 11.2 Å². The first-order chi connectivity index (χ1) is 8.90. The molecule has 3 N–H and O–H groups in total. The van der Waals surface area contributed by atoms with Crippen molar-refractivity contribution in [2.24, 2.45) is 0 Å². The summed E-state index contributed by atoms with van der Waals surface area (Å²) in [4.78, 5) is 3.23. The largest absolute Gasteiger partial charge is 0.398 e. The summed E-state index contributed by atoms with van der Waals surface area (Å²) in [5.74, 6) is -0.468. The van der Waals surface area contributed by atoms with Crippen molar-refractivity contribution in [2.45, 2.75) is 18.4 Å². The number of rotatable bonds is 4. The van der Waals surface area contributed by atoms with Crippen molar-refractivity contribution < 1.29 is 17.3 Å². The van der Waals surface area contributed by atoms with E-state index < -0.39 is 20.7 Å². The lowest BCUT2D eigenvalue weighted by Crippen LogP contribution is -2.25. The maximum atomic E-state index is 13.5. The van der Waals surface area contributed by atoms with Crippen LogP contribution in [0.3, 0.4) is 0 Å². The zero-order chi connectivity index (χ0) is 14.0. The fraction of sp³-hybridized carbons (Fsp3) is 0.200. The number of nitrogens with two attached hydrogens (primary N) is 1. The van der Waals surface area contributed by atoms with Crippen LogP contribution in [0.25, 0.3) is 0 Å². The minimum Gasteiger partial charge on any atom is -0.398 e. The molecule has 2 rings (SSSR count). The van der Waals surface area contributed by atoms with Gasteiger partial charge in [-0.3, -0.25) is 0 Å². The molecular weight excluding hydrogens is 275 g/mol. The first-order valence-corrected chi connectivity index (χ1v) is 6.71. The number of halogens is 1. The van der Waals surface area contributed by atoms with Gasteiger partial charge < -0.3 is 10.3 Å². The lowest BCUT2D eigenvalue weighted by Gasteiger charge is -2.08. The highest BCUT2D eigenvalue weighted by Gasteiger charge is 2.22. The first-order valence-electron chi connectivity index (χ1n) is 5.23. The number of benzene rings is 1. The summed E-state index contributed by atoms with van der Waals surface area (Å²) in [6.45, 7) is 1.35. The molecule has 0 bridgehead atoms. The molecule has 0 saturated carbocycles. The van der Waals surface area contributed by atoms with Gasteiger partial charge in [-0.25, -0.2) is 17.5 Å². The van der Waals surface area contributed by atoms with E-state index in [4.69, 9.17) is 10.3 Å². The molecule has 0 aliphatic carbocycles. The number of nitrogens with zero attached hydrogens (tertiary/aromatic N) is 2. The molecule has 19 heavy (non-hydrogen) atoms. The van der Waals surface area contributed by atoms with Crippen molar-refractivity contribution in [1.82, 2.24) is 14.9 Å². The van der Waals surface area contributed by atoms with E-state index in [1.54, 1.807) is 6.92 Å². The Bertz CT molecular complexity index is 678. The number of aromatic nitrogens is 2. The summed E-state index contributed by atoms with van der Waals surface area (Å²) in [5, 5.41) is 3.51. The third kappa shape index (κ3) is 2.88. The predicted octanol–water partition coefficient (Wildman–Crippen LogP) is 0.578. The highest BCUT2D eigenvalue weighted by molar-refractivity contribution is 7.89. The lowest BCUT2D eigenvalue weighted by atomic mass is 10.3. The minimum absolute atomic E-state index is 0.0796. The molecule has 1 aromatic carbocycles. The van der Waals surface area contributed by atoms with Crippen LogP contribution in [0.15, 0.2) is 27.6 Å². The van der Waals surface area contributed by atoms with Crippen LogP contribution in [-0.2, 0) is 16.6 Å². The van der Waals surface area contributed by atoms with E-state index in [0.29, 0.717) is 5.82 Å². The van der Waals surface area contributed by atoms with Crippen LogP contribution >= 0.6 is 0 Å². The third-order valence-electron chi connectivity index (χ3n) is 2.25. The molecule has 0 saturated heterocycles. The molecule has 0 fully saturated rings. The molecule has 0 radical (unpaired) electrons. The Hall–Kier alpha value is -2.00. The molecule has 7 nitrogen and oxygen atoms in total. The number of nitrogens with one attached hydrogen (secondary N) is 1. The van der Waals surface area contributed by atoms with E-state index in [1.807, 2.05) is 0 Å². The second-order valence-corrected chi connectivity index (χ2v) is 5.42. The van der Waals surface area contributed by atoms with Gasteiger partial charge in [-0.15, -0.1) is 0 Å². The second kappa shape index (κ2) is 4.94. The van der Waals surface area contributed by atoms with Gasteiger partial charge in [0.25, 0.3) is 0 Å². The average molecular weight is 286 g/mol. The number of aryl methyl sites for hydroxylation is 1. The molecule has 0 unspecified atom stereocenters. The van der Waals surface area contributed by atoms with Gasteiger partial charge in [0.05, 0.1) is 12.2 Å². The quantitative estimate of drug-likeness (QED) is 0.795. The molecule has 0 aliphatic rings. The Labute approximate surface area is 108 Å². The number of hydrogen-bond acceptors (Lipinski definition) is 6. The van der Waals surface area contributed by atoms with E-state index >= 15 is 0 Å². The van der Waals surface area contributed by atoms with E-state index in [9.17, 15) is 12.8 Å². The van der Waals surface area contributed by atoms with Gasteiger partial charge in [-0.2, -0.15) is 4.98 Å². The van der Waals surface area contributed by atoms with Crippen LogP contribution in [0.5, 0.6) is 0 Å². The van der Waals surface area contributed by atoms with Crippen LogP contribution in [0.2, 0.25) is 0 Å². The van der Waals surface area contributed by atoms with Crippen LogP contribution in [0.4, 0.5) is 10.1 Å². The van der Waals surface area contributed by atoms with E-state index in [2.05, 4.69) is 14.9 Å². The molecule has 0 spiro atoms. The summed E-state index contributed by atoms with van der Waals surface area (Å²) in [5.41, 5.74) is 5.30. The molecule has 1 aromatic heterocycles. The van der Waals surface area contributed by atoms with Crippen molar-refractivity contribution in [3.63, 3.8) is 0 Å². The zero-order valence-electron chi connectivity index (χ0n) is 9.92. The van der Waals surface area contributed by atoms with Crippen molar-refractivity contribution >= 4 is 15.7 Å². The van der Waals surface area contributed by atoms with Crippen LogP contribution in [-0.4, -0.2) is 18.6 Å². The molecule has 0 atom stereocenters. The SMILES string of the molecule is Cc1noc(CNS(=O)(=O)c2c(N)cccc2F)n1. The summed E-state index contributed by atoms with van der Waals surface area (Å²) in [7, 11) is -4.09. The molecule has 9 heteroatoms. The van der Waals surface area contributed by atoms with E-state index in [1.165, 1.54) is 12.1 Å². The Morgan fingerprint density at radius 1 is 1.47 bits per heavy atom. The number of hydrogen-bond donors (Lipinski definition) is 2. The number of sulfonamides is 1. The standard InChI is InChI=1S/C10H11FN4O3S/c1-6-14-9(18-15-6)5-13-19(16,17)10-7(11)3-2-4-8(10)12/h2-4,13H,5,12H2,1H3. The fourth-order valence-electron chi connectivity index (χ4n) is 1.45. The van der Waals surface area contributed by atoms with Gasteiger partial charge >= 0.3 is 0 Å². The highest BCUT2D eigenvalue weighted by atomic mass is 32.2. The Morgan fingerprint density at radius 3 is 2.79 bits per heavy atom. The van der Waals surface area contributed by atoms with Crippen molar-refractivity contribution in [3.05, 3.63) is 35.7 Å². The normalized spacial score (nSPS) is 11.7. The average Bonchev–Trinajstić information content (AvgIpc) is 2.72. The molecule has 1 heterocycles. The van der Waals surface area contributed by atoms with Gasteiger partial charge in [0.1, 0.15) is 10.7 Å². The Balaban J connectivity index is 2.23. The molecule has 102 valence electrons. The summed E-state index contributed by atoms with van der Waals surface area (Å²) in [6, 6.07) is 3.64. The predicted molar refractivity (Wildman–Crippen MR) is 63.9 cm³/mol. The highest BCUT2D eigenvalue weighted by Crippen LogP contribution is 2.21. The zero-order valence-corrected chi connectivity index (χ0v) is 10.7. The third-order valence-corrected chi connectivity index (χ3v) is 3.74. The van der Waals surface area contributed by atoms with E-state index in [-0.39, 0.29) is 18.1 Å². The van der Waals surface area contributed by atoms with Gasteiger partial charge in [0, 0.05) is 0 Å². The molecular formula is C10H11FN4O3S. The first kappa shape index (κ1) is 13.4. The van der Waals surface area contributed by atoms with Gasteiger partial charge in [0.15, 0.2) is 5.82 Å². The summed E-state index contributed by atoms with van der Waals surface area (Å²) >= 11 is 0. The van der Waals surface area contributed by atoms with Gasteiger partial charge in [-0.05, 0) is 19.1 Å². The van der Waals surface area contributed by atoms with Crippen molar-refractivity contribution in [3.8, 4) is 0 Å². The molecule has 0 amide bonds. The summed E-state index contributed by atoms with van der Waals surface area (Å²) in [6.07, 6.45) is 0. The fourth-order valence-corrected chi connectivity index (χ4v) is 2.61. The van der Waals surface area contributed by atoms with Crippen molar-refractivity contribution in [2.75, 3.05) is 5.73 Å². The minimum atomic E-state index is -4.09. The maximum Gasteiger partial charge on any atom is 0.246 e. The number of nitrogen functional groups attached to an aromatic ring is 1. The lowest BCUT2D eigenvalue weighted by molar-refractivity contribution is 0.372. The van der Waals surface area contributed by atoms with Crippen LogP contribution < -0.4 is 10.5 Å². The Kier molecular flexibility index (Phi) is 3.49. The monoisotopic (exact) mass is 286 g/mol. The van der Waals surface area contributed by atoms with E-state index in [0.717, 1.165) is 6.07 Å². The van der Waals surface area contributed by atoms with Crippen molar-refractivity contribution in [1.29, 1.82) is 0 Å². The topological polar surface area (TPSA) is 111 Å². The smallest absolute Gasteiger partial charge is 0.246 e. The Morgan fingerprint density at radius 2 is 2.21 bits per heavy atom. The van der Waals surface area contributed by atoms with Gasteiger partial charge in [0.2, 0.25) is 15.9 Å². The second-order valence-electron chi connectivity index (χ2n) is 3.72. The summed E-state index contributed by atoms with van der Waals surface area (Å²) < 4.78 is 44.3.